The summed E-state index contributed by atoms with van der Waals surface area (Å²) in [5, 5.41) is 13.0. The summed E-state index contributed by atoms with van der Waals surface area (Å²) in [7, 11) is 0. The normalized spacial score (nSPS) is 13.1. The van der Waals surface area contributed by atoms with E-state index in [9.17, 15) is 4.79 Å². The van der Waals surface area contributed by atoms with Crippen molar-refractivity contribution in [2.45, 2.75) is 23.9 Å². The molecule has 7 nitrogen and oxygen atoms in total. The first-order valence-electron chi connectivity index (χ1n) is 11.4. The zero-order valence-electron chi connectivity index (χ0n) is 19.3. The van der Waals surface area contributed by atoms with Gasteiger partial charge in [-0.1, -0.05) is 59.2 Å². The largest absolute Gasteiger partial charge is 0.461 e. The fourth-order valence-electron chi connectivity index (χ4n) is 4.24. The topological polar surface area (TPSA) is 77.0 Å². The van der Waals surface area contributed by atoms with E-state index in [0.29, 0.717) is 57.0 Å². The van der Waals surface area contributed by atoms with Gasteiger partial charge in [0.05, 0.1) is 22.7 Å². The van der Waals surface area contributed by atoms with Crippen LogP contribution < -0.4 is 0 Å². The number of carbonyl (C=O) groups is 1. The monoisotopic (exact) mass is 567 g/mol. The van der Waals surface area contributed by atoms with Gasteiger partial charge in [0, 0.05) is 23.5 Å². The maximum Gasteiger partial charge on any atom is 0.273 e. The molecule has 0 saturated heterocycles. The fourth-order valence-corrected chi connectivity index (χ4v) is 6.34. The molecule has 0 unspecified atom stereocenters. The number of amides is 1. The first-order chi connectivity index (χ1) is 18.1. The van der Waals surface area contributed by atoms with E-state index in [1.165, 1.54) is 34.2 Å². The lowest BCUT2D eigenvalue weighted by molar-refractivity contribution is 0.0729. The van der Waals surface area contributed by atoms with Crippen LogP contribution in [-0.4, -0.2) is 37.1 Å². The van der Waals surface area contributed by atoms with Crippen molar-refractivity contribution in [1.29, 1.82) is 0 Å². The van der Waals surface area contributed by atoms with Crippen LogP contribution in [0.1, 0.15) is 26.6 Å². The summed E-state index contributed by atoms with van der Waals surface area (Å²) in [6, 6.07) is 17.1. The number of thiazole rings is 1. The third kappa shape index (κ3) is 4.92. The summed E-state index contributed by atoms with van der Waals surface area (Å²) in [6.07, 6.45) is 2.43. The molecule has 3 aromatic heterocycles. The first-order valence-corrected chi connectivity index (χ1v) is 14.1. The van der Waals surface area contributed by atoms with E-state index in [2.05, 4.69) is 27.3 Å². The second kappa shape index (κ2) is 10.3. The highest BCUT2D eigenvalue weighted by molar-refractivity contribution is 7.98. The van der Waals surface area contributed by atoms with Gasteiger partial charge in [-0.05, 0) is 47.9 Å². The van der Waals surface area contributed by atoms with Crippen molar-refractivity contribution in [3.8, 4) is 17.3 Å². The Labute approximate surface area is 231 Å². The standard InChI is InChI=1S/C26H19Cl2N5O2S2/c27-18-7-8-19(28)21(12-18)33-24(22-6-3-11-35-22)30-31-26(33)37-15-23-29-20(14-36-23)25(34)32-10-9-16-4-1-2-5-17(16)13-32/h1-8,11-12,14H,9-10,13,15H2. The molecule has 0 aliphatic carbocycles. The summed E-state index contributed by atoms with van der Waals surface area (Å²) >= 11 is 15.7. The average Bonchev–Trinajstić information content (AvgIpc) is 3.69. The van der Waals surface area contributed by atoms with Gasteiger partial charge in [0.25, 0.3) is 5.91 Å². The molecule has 0 atom stereocenters. The number of hydrogen-bond donors (Lipinski definition) is 0. The molecule has 1 aliphatic heterocycles. The molecule has 5 aromatic rings. The highest BCUT2D eigenvalue weighted by atomic mass is 35.5. The number of thioether (sulfide) groups is 1. The molecule has 0 saturated carbocycles. The number of hydrogen-bond acceptors (Lipinski definition) is 7. The summed E-state index contributed by atoms with van der Waals surface area (Å²) in [5.41, 5.74) is 3.61. The van der Waals surface area contributed by atoms with E-state index >= 15 is 0 Å². The number of furan rings is 1. The number of aromatic nitrogens is 4. The minimum atomic E-state index is -0.0454. The SMILES string of the molecule is O=C(c1csc(CSc2nnc(-c3ccco3)n2-c2cc(Cl)ccc2Cl)n1)N1CCc2ccccc2C1. The van der Waals surface area contributed by atoms with Crippen LogP contribution in [0.5, 0.6) is 0 Å². The zero-order valence-corrected chi connectivity index (χ0v) is 22.4. The fraction of sp³-hybridized carbons (Fsp3) is 0.154. The smallest absolute Gasteiger partial charge is 0.273 e. The van der Waals surface area contributed by atoms with Gasteiger partial charge >= 0.3 is 0 Å². The molecule has 0 bridgehead atoms. The molecule has 6 rings (SSSR count). The molecule has 0 N–H and O–H groups in total. The Hall–Kier alpha value is -3.11. The van der Waals surface area contributed by atoms with Crippen molar-refractivity contribution in [2.75, 3.05) is 6.54 Å². The molecular formula is C26H19Cl2N5O2S2. The van der Waals surface area contributed by atoms with E-state index in [0.717, 1.165) is 11.4 Å². The average molecular weight is 569 g/mol. The molecule has 0 fully saturated rings. The van der Waals surface area contributed by atoms with Gasteiger partial charge in [-0.2, -0.15) is 0 Å². The lowest BCUT2D eigenvalue weighted by Gasteiger charge is -2.28. The van der Waals surface area contributed by atoms with E-state index in [1.54, 1.807) is 30.5 Å². The third-order valence-electron chi connectivity index (χ3n) is 6.04. The minimum absolute atomic E-state index is 0.0454. The Balaban J connectivity index is 1.22. The predicted octanol–water partition coefficient (Wildman–Crippen LogP) is 6.78. The van der Waals surface area contributed by atoms with Crippen molar-refractivity contribution in [1.82, 2.24) is 24.6 Å². The first kappa shape index (κ1) is 24.2. The molecule has 1 amide bonds. The van der Waals surface area contributed by atoms with Crippen LogP contribution in [0, 0.1) is 0 Å². The van der Waals surface area contributed by atoms with Crippen molar-refractivity contribution in [3.63, 3.8) is 0 Å². The number of fused-ring (bicyclic) bond motifs is 1. The Bertz CT molecular complexity index is 1580. The zero-order chi connectivity index (χ0) is 25.4. The maximum absolute atomic E-state index is 13.1. The summed E-state index contributed by atoms with van der Waals surface area (Å²) in [5.74, 6) is 1.53. The van der Waals surface area contributed by atoms with Gasteiger partial charge in [0.15, 0.2) is 10.9 Å². The van der Waals surface area contributed by atoms with Crippen LogP contribution in [0.3, 0.4) is 0 Å². The van der Waals surface area contributed by atoms with E-state index in [1.807, 2.05) is 33.0 Å². The molecule has 186 valence electrons. The molecular weight excluding hydrogens is 549 g/mol. The van der Waals surface area contributed by atoms with Gasteiger partial charge in [0.1, 0.15) is 10.7 Å². The van der Waals surface area contributed by atoms with Crippen LogP contribution in [0.15, 0.2) is 75.8 Å². The molecule has 0 spiro atoms. The number of carbonyl (C=O) groups excluding carboxylic acids is 1. The van der Waals surface area contributed by atoms with Crippen molar-refractivity contribution < 1.29 is 9.21 Å². The summed E-state index contributed by atoms with van der Waals surface area (Å²) < 4.78 is 7.40. The van der Waals surface area contributed by atoms with Crippen molar-refractivity contribution in [2.24, 2.45) is 0 Å². The van der Waals surface area contributed by atoms with Gasteiger partial charge in [-0.25, -0.2) is 4.98 Å². The molecule has 11 heteroatoms. The van der Waals surface area contributed by atoms with Crippen LogP contribution in [0.2, 0.25) is 10.0 Å². The Kier molecular flexibility index (Phi) is 6.77. The van der Waals surface area contributed by atoms with E-state index in [-0.39, 0.29) is 5.91 Å². The van der Waals surface area contributed by atoms with Crippen LogP contribution >= 0.6 is 46.3 Å². The van der Waals surface area contributed by atoms with Gasteiger partial charge < -0.3 is 9.32 Å². The number of halogens is 2. The predicted molar refractivity (Wildman–Crippen MR) is 146 cm³/mol. The third-order valence-corrected chi connectivity index (χ3v) is 8.56. The lowest BCUT2D eigenvalue weighted by Crippen LogP contribution is -2.36. The van der Waals surface area contributed by atoms with Gasteiger partial charge in [0.2, 0.25) is 5.82 Å². The van der Waals surface area contributed by atoms with Gasteiger partial charge in [-0.3, -0.25) is 9.36 Å². The second-order valence-electron chi connectivity index (χ2n) is 8.38. The molecule has 2 aromatic carbocycles. The maximum atomic E-state index is 13.1. The molecule has 0 radical (unpaired) electrons. The lowest BCUT2D eigenvalue weighted by atomic mass is 10.00. The number of benzene rings is 2. The Morgan fingerprint density at radius 3 is 2.78 bits per heavy atom. The van der Waals surface area contributed by atoms with Crippen LogP contribution in [-0.2, 0) is 18.7 Å². The molecule has 4 heterocycles. The van der Waals surface area contributed by atoms with Crippen molar-refractivity contribution in [3.05, 3.63) is 98.1 Å². The number of rotatable bonds is 6. The second-order valence-corrected chi connectivity index (χ2v) is 11.1. The van der Waals surface area contributed by atoms with Gasteiger partial charge in [-0.15, -0.1) is 21.5 Å². The van der Waals surface area contributed by atoms with E-state index < -0.39 is 0 Å². The molecule has 37 heavy (non-hydrogen) atoms. The number of nitrogens with zero attached hydrogens (tertiary/aromatic N) is 5. The Morgan fingerprint density at radius 2 is 1.95 bits per heavy atom. The van der Waals surface area contributed by atoms with Crippen LogP contribution in [0.4, 0.5) is 0 Å². The highest BCUT2D eigenvalue weighted by Gasteiger charge is 2.24. The summed E-state index contributed by atoms with van der Waals surface area (Å²) in [4.78, 5) is 19.6. The highest BCUT2D eigenvalue weighted by Crippen LogP contribution is 2.34. The van der Waals surface area contributed by atoms with E-state index in [4.69, 9.17) is 27.6 Å². The van der Waals surface area contributed by atoms with Crippen molar-refractivity contribution >= 4 is 52.2 Å². The Morgan fingerprint density at radius 1 is 1.08 bits per heavy atom. The molecule has 1 aliphatic rings. The summed E-state index contributed by atoms with van der Waals surface area (Å²) in [6.45, 7) is 1.30. The minimum Gasteiger partial charge on any atom is -0.461 e. The van der Waals surface area contributed by atoms with Crippen LogP contribution in [0.25, 0.3) is 17.3 Å². The quantitative estimate of drug-likeness (QED) is 0.210.